The van der Waals surface area contributed by atoms with Gasteiger partial charge in [-0.1, -0.05) is 35.3 Å². The van der Waals surface area contributed by atoms with Crippen LogP contribution in [0.25, 0.3) is 0 Å². The number of hydrogen-bond donors (Lipinski definition) is 1. The highest BCUT2D eigenvalue weighted by molar-refractivity contribution is 6.36. The minimum atomic E-state index is -4.61. The van der Waals surface area contributed by atoms with E-state index in [2.05, 4.69) is 5.32 Å². The number of halogens is 5. The average molecular weight is 419 g/mol. The summed E-state index contributed by atoms with van der Waals surface area (Å²) in [6.45, 7) is 1.37. The smallest absolute Gasteiger partial charge is 0.330 e. The Kier molecular flexibility index (Phi) is 6.73. The summed E-state index contributed by atoms with van der Waals surface area (Å²) in [6, 6.07) is 8.91. The molecular formula is C18H15Cl2F3N2O2. The maximum atomic E-state index is 13.0. The molecule has 0 spiro atoms. The van der Waals surface area contributed by atoms with Gasteiger partial charge in [-0.3, -0.25) is 9.59 Å². The molecule has 2 rings (SSSR count). The number of nitrogens with zero attached hydrogens (tertiary/aromatic N) is 1. The number of carbonyl (C=O) groups excluding carboxylic acids is 2. The van der Waals surface area contributed by atoms with E-state index in [0.717, 1.165) is 12.1 Å². The second-order valence-corrected chi connectivity index (χ2v) is 6.38. The van der Waals surface area contributed by atoms with Crippen molar-refractivity contribution < 1.29 is 22.8 Å². The van der Waals surface area contributed by atoms with Crippen molar-refractivity contribution in [2.24, 2.45) is 0 Å². The third-order valence-corrected chi connectivity index (χ3v) is 4.22. The van der Waals surface area contributed by atoms with Crippen molar-refractivity contribution in [2.45, 2.75) is 13.1 Å². The van der Waals surface area contributed by atoms with Crippen molar-refractivity contribution in [3.63, 3.8) is 0 Å². The number of carbonyl (C=O) groups is 2. The van der Waals surface area contributed by atoms with E-state index in [1.54, 1.807) is 6.92 Å². The van der Waals surface area contributed by atoms with E-state index in [-0.39, 0.29) is 22.8 Å². The van der Waals surface area contributed by atoms with Crippen molar-refractivity contribution in [2.75, 3.05) is 18.4 Å². The number of likely N-dealkylation sites (N-methyl/N-ethyl adjacent to an activating group) is 1. The zero-order valence-electron chi connectivity index (χ0n) is 14.1. The van der Waals surface area contributed by atoms with E-state index in [0.29, 0.717) is 5.02 Å². The number of para-hydroxylation sites is 1. The second kappa shape index (κ2) is 8.63. The van der Waals surface area contributed by atoms with Gasteiger partial charge in [-0.2, -0.15) is 13.2 Å². The predicted octanol–water partition coefficient (Wildman–Crippen LogP) is 5.11. The predicted molar refractivity (Wildman–Crippen MR) is 98.1 cm³/mol. The lowest BCUT2D eigenvalue weighted by Crippen LogP contribution is -2.38. The zero-order valence-corrected chi connectivity index (χ0v) is 15.6. The largest absolute Gasteiger partial charge is 0.418 e. The molecule has 0 bridgehead atoms. The van der Waals surface area contributed by atoms with Gasteiger partial charge in [0.1, 0.15) is 6.54 Å². The fourth-order valence-electron chi connectivity index (χ4n) is 2.36. The van der Waals surface area contributed by atoms with Gasteiger partial charge in [-0.25, -0.2) is 0 Å². The van der Waals surface area contributed by atoms with Crippen LogP contribution in [-0.4, -0.2) is 29.8 Å². The number of hydrogen-bond acceptors (Lipinski definition) is 2. The van der Waals surface area contributed by atoms with E-state index in [9.17, 15) is 22.8 Å². The SMILES string of the molecule is CCN(CC(=O)Nc1ccccc1C(F)(F)F)C(=O)c1ccc(Cl)cc1Cl. The van der Waals surface area contributed by atoms with Gasteiger partial charge < -0.3 is 10.2 Å². The first-order valence-electron chi connectivity index (χ1n) is 7.84. The highest BCUT2D eigenvalue weighted by Gasteiger charge is 2.33. The maximum absolute atomic E-state index is 13.0. The first kappa shape index (κ1) is 21.1. The molecule has 0 aromatic heterocycles. The van der Waals surface area contributed by atoms with Gasteiger partial charge in [0.05, 0.1) is 21.8 Å². The third kappa shape index (κ3) is 5.37. The van der Waals surface area contributed by atoms with Crippen LogP contribution in [0.3, 0.4) is 0 Å². The topological polar surface area (TPSA) is 49.4 Å². The number of nitrogens with one attached hydrogen (secondary N) is 1. The standard InChI is InChI=1S/C18H15Cl2F3N2O2/c1-2-25(17(27)12-8-7-11(19)9-14(12)20)10-16(26)24-15-6-4-3-5-13(15)18(21,22)23/h3-9H,2,10H2,1H3,(H,24,26). The molecule has 1 N–H and O–H groups in total. The molecule has 0 aliphatic rings. The Morgan fingerprint density at radius 3 is 2.37 bits per heavy atom. The van der Waals surface area contributed by atoms with Crippen molar-refractivity contribution in [1.29, 1.82) is 0 Å². The number of benzene rings is 2. The summed E-state index contributed by atoms with van der Waals surface area (Å²) in [7, 11) is 0. The van der Waals surface area contributed by atoms with Crippen molar-refractivity contribution in [3.8, 4) is 0 Å². The summed E-state index contributed by atoms with van der Waals surface area (Å²) >= 11 is 11.8. The average Bonchev–Trinajstić information content (AvgIpc) is 2.58. The van der Waals surface area contributed by atoms with Crippen LogP contribution >= 0.6 is 23.2 Å². The van der Waals surface area contributed by atoms with Crippen LogP contribution in [0.4, 0.5) is 18.9 Å². The number of rotatable bonds is 5. The number of amides is 2. The molecule has 0 atom stereocenters. The van der Waals surface area contributed by atoms with Gasteiger partial charge in [0.2, 0.25) is 5.91 Å². The molecule has 2 aromatic rings. The Balaban J connectivity index is 2.15. The Hall–Kier alpha value is -2.25. The lowest BCUT2D eigenvalue weighted by atomic mass is 10.1. The molecule has 27 heavy (non-hydrogen) atoms. The molecule has 0 heterocycles. The van der Waals surface area contributed by atoms with Crippen molar-refractivity contribution in [3.05, 3.63) is 63.6 Å². The second-order valence-electron chi connectivity index (χ2n) is 5.54. The molecule has 9 heteroatoms. The molecule has 2 aromatic carbocycles. The zero-order chi connectivity index (χ0) is 20.2. The van der Waals surface area contributed by atoms with Crippen LogP contribution in [0.15, 0.2) is 42.5 Å². The molecule has 2 amide bonds. The normalized spacial score (nSPS) is 11.2. The van der Waals surface area contributed by atoms with Gasteiger partial charge in [0.25, 0.3) is 5.91 Å². The minimum absolute atomic E-state index is 0.119. The van der Waals surface area contributed by atoms with Gasteiger partial charge >= 0.3 is 6.18 Å². The van der Waals surface area contributed by atoms with Crippen LogP contribution in [0.2, 0.25) is 10.0 Å². The number of alkyl halides is 3. The quantitative estimate of drug-likeness (QED) is 0.732. The van der Waals surface area contributed by atoms with Gasteiger partial charge in [-0.15, -0.1) is 0 Å². The Labute approximate surface area is 163 Å². The van der Waals surface area contributed by atoms with E-state index in [4.69, 9.17) is 23.2 Å². The molecule has 0 aliphatic heterocycles. The monoisotopic (exact) mass is 418 g/mol. The van der Waals surface area contributed by atoms with Gasteiger partial charge in [0.15, 0.2) is 0 Å². The lowest BCUT2D eigenvalue weighted by molar-refractivity contribution is -0.137. The van der Waals surface area contributed by atoms with Gasteiger partial charge in [-0.05, 0) is 37.3 Å². The summed E-state index contributed by atoms with van der Waals surface area (Å²) in [5.74, 6) is -1.29. The van der Waals surface area contributed by atoms with E-state index in [1.807, 2.05) is 0 Å². The Morgan fingerprint density at radius 2 is 1.78 bits per heavy atom. The molecule has 0 unspecified atom stereocenters. The van der Waals surface area contributed by atoms with Crippen LogP contribution in [-0.2, 0) is 11.0 Å². The molecule has 0 radical (unpaired) electrons. The summed E-state index contributed by atoms with van der Waals surface area (Å²) < 4.78 is 39.0. The van der Waals surface area contributed by atoms with Crippen molar-refractivity contribution >= 4 is 40.7 Å². The molecule has 0 fully saturated rings. The highest BCUT2D eigenvalue weighted by atomic mass is 35.5. The molecule has 144 valence electrons. The van der Waals surface area contributed by atoms with Crippen molar-refractivity contribution in [1.82, 2.24) is 4.90 Å². The third-order valence-electron chi connectivity index (χ3n) is 3.67. The molecule has 4 nitrogen and oxygen atoms in total. The van der Waals surface area contributed by atoms with Crippen LogP contribution in [0, 0.1) is 0 Å². The maximum Gasteiger partial charge on any atom is 0.418 e. The minimum Gasteiger partial charge on any atom is -0.330 e. The van der Waals surface area contributed by atoms with E-state index >= 15 is 0 Å². The Morgan fingerprint density at radius 1 is 1.11 bits per heavy atom. The summed E-state index contributed by atoms with van der Waals surface area (Å²) in [5, 5.41) is 2.67. The summed E-state index contributed by atoms with van der Waals surface area (Å²) in [6.07, 6.45) is -4.61. The van der Waals surface area contributed by atoms with E-state index in [1.165, 1.54) is 35.2 Å². The molecular weight excluding hydrogens is 404 g/mol. The first-order valence-corrected chi connectivity index (χ1v) is 8.59. The molecule has 0 saturated heterocycles. The van der Waals surface area contributed by atoms with Crippen LogP contribution < -0.4 is 5.32 Å². The summed E-state index contributed by atoms with van der Waals surface area (Å²) in [4.78, 5) is 25.9. The summed E-state index contributed by atoms with van der Waals surface area (Å²) in [5.41, 5.74) is -1.19. The molecule has 0 aliphatic carbocycles. The first-order chi connectivity index (χ1) is 12.6. The number of anilines is 1. The van der Waals surface area contributed by atoms with E-state index < -0.39 is 30.1 Å². The fraction of sp³-hybridized carbons (Fsp3) is 0.222. The van der Waals surface area contributed by atoms with Crippen LogP contribution in [0.1, 0.15) is 22.8 Å². The fourth-order valence-corrected chi connectivity index (χ4v) is 2.85. The van der Waals surface area contributed by atoms with Gasteiger partial charge in [0, 0.05) is 11.6 Å². The highest BCUT2D eigenvalue weighted by Crippen LogP contribution is 2.34. The van der Waals surface area contributed by atoms with Crippen LogP contribution in [0.5, 0.6) is 0 Å². The Bertz CT molecular complexity index is 857. The lowest BCUT2D eigenvalue weighted by Gasteiger charge is -2.21. The molecule has 0 saturated carbocycles.